The van der Waals surface area contributed by atoms with Crippen molar-refractivity contribution in [1.82, 2.24) is 5.32 Å². The quantitative estimate of drug-likeness (QED) is 0.797. The van der Waals surface area contributed by atoms with Gasteiger partial charge in [0.2, 0.25) is 0 Å². The maximum atomic E-state index is 12.7. The Labute approximate surface area is 160 Å². The van der Waals surface area contributed by atoms with Crippen LogP contribution in [0.15, 0.2) is 48.5 Å². The number of nitrogens with one attached hydrogen (secondary N) is 2. The molecule has 0 aliphatic carbocycles. The Morgan fingerprint density at radius 3 is 2.32 bits per heavy atom. The summed E-state index contributed by atoms with van der Waals surface area (Å²) < 4.78 is 43.3. The summed E-state index contributed by atoms with van der Waals surface area (Å²) in [7, 11) is 0. The maximum absolute atomic E-state index is 12.7. The third-order valence-electron chi connectivity index (χ3n) is 3.47. The molecule has 0 spiro atoms. The predicted molar refractivity (Wildman–Crippen MR) is 99.2 cm³/mol. The van der Waals surface area contributed by atoms with E-state index in [9.17, 15) is 22.8 Å². The van der Waals surface area contributed by atoms with Gasteiger partial charge in [-0.3, -0.25) is 9.59 Å². The van der Waals surface area contributed by atoms with Crippen molar-refractivity contribution in [2.45, 2.75) is 32.5 Å². The van der Waals surface area contributed by atoms with Crippen LogP contribution in [0.25, 0.3) is 0 Å². The smallest absolute Gasteiger partial charge is 0.416 e. The Morgan fingerprint density at radius 1 is 1.00 bits per heavy atom. The normalized spacial score (nSPS) is 11.6. The number of benzene rings is 2. The van der Waals surface area contributed by atoms with Crippen molar-refractivity contribution < 1.29 is 27.5 Å². The number of hydrogen-bond acceptors (Lipinski definition) is 3. The first-order valence-corrected chi connectivity index (χ1v) is 8.47. The summed E-state index contributed by atoms with van der Waals surface area (Å²) in [5.74, 6) is -1.04. The van der Waals surface area contributed by atoms with E-state index in [0.717, 1.165) is 12.1 Å². The fourth-order valence-corrected chi connectivity index (χ4v) is 2.30. The van der Waals surface area contributed by atoms with Gasteiger partial charge in [0.15, 0.2) is 6.61 Å². The molecule has 0 aliphatic rings. The van der Waals surface area contributed by atoms with Gasteiger partial charge in [0.25, 0.3) is 11.8 Å². The lowest BCUT2D eigenvalue weighted by molar-refractivity contribution is -0.137. The highest BCUT2D eigenvalue weighted by Crippen LogP contribution is 2.31. The largest absolute Gasteiger partial charge is 0.484 e. The van der Waals surface area contributed by atoms with Crippen LogP contribution in [0.1, 0.15) is 36.7 Å². The van der Waals surface area contributed by atoms with E-state index in [1.165, 1.54) is 12.1 Å². The Morgan fingerprint density at radius 2 is 1.68 bits per heavy atom. The van der Waals surface area contributed by atoms with Gasteiger partial charge in [-0.05, 0) is 51.1 Å². The third kappa shape index (κ3) is 6.29. The summed E-state index contributed by atoms with van der Waals surface area (Å²) in [5.41, 5.74) is -0.776. The molecule has 0 saturated heterocycles. The first kappa shape index (κ1) is 21.3. The number of halogens is 3. The molecule has 150 valence electrons. The minimum Gasteiger partial charge on any atom is -0.484 e. The topological polar surface area (TPSA) is 67.4 Å². The van der Waals surface area contributed by atoms with Crippen LogP contribution >= 0.6 is 0 Å². The van der Waals surface area contributed by atoms with Crippen LogP contribution < -0.4 is 15.4 Å². The molecule has 0 aliphatic heterocycles. The molecule has 8 heteroatoms. The van der Waals surface area contributed by atoms with Gasteiger partial charge in [-0.2, -0.15) is 13.2 Å². The highest BCUT2D eigenvalue weighted by atomic mass is 19.4. The average molecular weight is 394 g/mol. The Balaban J connectivity index is 2.04. The van der Waals surface area contributed by atoms with E-state index in [2.05, 4.69) is 10.6 Å². The van der Waals surface area contributed by atoms with Crippen molar-refractivity contribution in [2.24, 2.45) is 0 Å². The van der Waals surface area contributed by atoms with Gasteiger partial charge >= 0.3 is 6.18 Å². The first-order chi connectivity index (χ1) is 13.0. The summed E-state index contributed by atoms with van der Waals surface area (Å²) in [6, 6.07) is 10.7. The molecule has 0 heterocycles. The van der Waals surface area contributed by atoms with E-state index >= 15 is 0 Å². The summed E-state index contributed by atoms with van der Waals surface area (Å²) in [6.45, 7) is 4.98. The van der Waals surface area contributed by atoms with E-state index in [0.29, 0.717) is 0 Å². The maximum Gasteiger partial charge on any atom is 0.416 e. The molecule has 0 saturated carbocycles. The highest BCUT2D eigenvalue weighted by molar-refractivity contribution is 6.04. The van der Waals surface area contributed by atoms with E-state index in [4.69, 9.17) is 4.74 Å². The fourth-order valence-electron chi connectivity index (χ4n) is 2.30. The van der Waals surface area contributed by atoms with E-state index < -0.39 is 29.8 Å². The van der Waals surface area contributed by atoms with Crippen LogP contribution in [-0.2, 0) is 11.0 Å². The van der Waals surface area contributed by atoms with Crippen LogP contribution in [0.5, 0.6) is 5.75 Å². The predicted octanol–water partition coefficient (Wildman–Crippen LogP) is 4.25. The molecule has 2 aromatic carbocycles. The number of alkyl halides is 3. The number of anilines is 1. The van der Waals surface area contributed by atoms with Crippen molar-refractivity contribution in [2.75, 3.05) is 11.9 Å². The molecule has 0 radical (unpaired) electrons. The molecule has 0 aromatic heterocycles. The summed E-state index contributed by atoms with van der Waals surface area (Å²) in [5, 5.41) is 5.34. The standard InChI is InChI=1S/C20H21F3N2O3/c1-19(2,3)25-18(27)15-9-4-5-10-16(15)24-17(26)12-28-14-8-6-7-13(11-14)20(21,22)23/h4-11H,12H2,1-3H3,(H,24,26)(H,25,27). The molecule has 2 amide bonds. The number of carbonyl (C=O) groups excluding carboxylic acids is 2. The van der Waals surface area contributed by atoms with Gasteiger partial charge in [0, 0.05) is 5.54 Å². The number of carbonyl (C=O) groups is 2. The van der Waals surface area contributed by atoms with Crippen molar-refractivity contribution in [1.29, 1.82) is 0 Å². The van der Waals surface area contributed by atoms with Crippen LogP contribution in [0, 0.1) is 0 Å². The van der Waals surface area contributed by atoms with Gasteiger partial charge in [-0.15, -0.1) is 0 Å². The number of hydrogen-bond donors (Lipinski definition) is 2. The second kappa shape index (κ2) is 8.33. The van der Waals surface area contributed by atoms with Crippen LogP contribution in [0.4, 0.5) is 18.9 Å². The molecule has 0 unspecified atom stereocenters. The minimum atomic E-state index is -4.50. The molecular weight excluding hydrogens is 373 g/mol. The number of amides is 2. The Bertz CT molecular complexity index is 858. The lowest BCUT2D eigenvalue weighted by atomic mass is 10.1. The molecule has 2 aromatic rings. The number of ether oxygens (including phenoxy) is 1. The summed E-state index contributed by atoms with van der Waals surface area (Å²) >= 11 is 0. The molecular formula is C20H21F3N2O3. The average Bonchev–Trinajstić information content (AvgIpc) is 2.58. The van der Waals surface area contributed by atoms with E-state index in [1.807, 2.05) is 20.8 Å². The van der Waals surface area contributed by atoms with Crippen molar-refractivity contribution in [3.8, 4) is 5.75 Å². The Hall–Kier alpha value is -3.03. The lowest BCUT2D eigenvalue weighted by Crippen LogP contribution is -2.41. The second-order valence-electron chi connectivity index (χ2n) is 7.11. The molecule has 0 atom stereocenters. The minimum absolute atomic E-state index is 0.0799. The fraction of sp³-hybridized carbons (Fsp3) is 0.300. The van der Waals surface area contributed by atoms with Crippen molar-refractivity contribution in [3.63, 3.8) is 0 Å². The highest BCUT2D eigenvalue weighted by Gasteiger charge is 2.30. The molecule has 2 rings (SSSR count). The summed E-state index contributed by atoms with van der Waals surface area (Å²) in [6.07, 6.45) is -4.50. The van der Waals surface area contributed by atoms with Gasteiger partial charge in [-0.1, -0.05) is 18.2 Å². The molecule has 0 bridgehead atoms. The zero-order valence-corrected chi connectivity index (χ0v) is 15.7. The SMILES string of the molecule is CC(C)(C)NC(=O)c1ccccc1NC(=O)COc1cccc(C(F)(F)F)c1. The molecule has 2 N–H and O–H groups in total. The zero-order chi connectivity index (χ0) is 20.9. The van der Waals surface area contributed by atoms with Crippen LogP contribution in [0.2, 0.25) is 0 Å². The second-order valence-corrected chi connectivity index (χ2v) is 7.11. The van der Waals surface area contributed by atoms with Crippen LogP contribution in [-0.4, -0.2) is 24.0 Å². The van der Waals surface area contributed by atoms with E-state index in [-0.39, 0.29) is 22.9 Å². The van der Waals surface area contributed by atoms with Crippen molar-refractivity contribution >= 4 is 17.5 Å². The summed E-state index contributed by atoms with van der Waals surface area (Å²) in [4.78, 5) is 24.5. The molecule has 5 nitrogen and oxygen atoms in total. The van der Waals surface area contributed by atoms with Gasteiger partial charge in [0.05, 0.1) is 16.8 Å². The van der Waals surface area contributed by atoms with Gasteiger partial charge in [-0.25, -0.2) is 0 Å². The van der Waals surface area contributed by atoms with Crippen molar-refractivity contribution in [3.05, 3.63) is 59.7 Å². The van der Waals surface area contributed by atoms with E-state index in [1.54, 1.807) is 24.3 Å². The van der Waals surface area contributed by atoms with Gasteiger partial charge < -0.3 is 15.4 Å². The lowest BCUT2D eigenvalue weighted by Gasteiger charge is -2.21. The Kier molecular flexibility index (Phi) is 6.33. The number of rotatable bonds is 5. The molecule has 28 heavy (non-hydrogen) atoms. The monoisotopic (exact) mass is 394 g/mol. The zero-order valence-electron chi connectivity index (χ0n) is 15.7. The van der Waals surface area contributed by atoms with Gasteiger partial charge in [0.1, 0.15) is 5.75 Å². The molecule has 0 fully saturated rings. The number of para-hydroxylation sites is 1. The first-order valence-electron chi connectivity index (χ1n) is 8.47. The van der Waals surface area contributed by atoms with Crippen LogP contribution in [0.3, 0.4) is 0 Å². The third-order valence-corrected chi connectivity index (χ3v) is 3.47.